The maximum atomic E-state index is 5.16. The predicted octanol–water partition coefficient (Wildman–Crippen LogP) is 11.6. The lowest BCUT2D eigenvalue weighted by molar-refractivity contribution is 1.05. The monoisotopic (exact) mass is 783 g/mol. The molecule has 0 amide bonds. The Balaban J connectivity index is 1.08. The number of pyridine rings is 3. The number of hydrogen-bond acceptors (Lipinski definition) is 8. The van der Waals surface area contributed by atoms with Crippen molar-refractivity contribution in [1.29, 1.82) is 0 Å². The second-order valence-electron chi connectivity index (χ2n) is 14.5. The average Bonchev–Trinajstić information content (AvgIpc) is 3.69. The van der Waals surface area contributed by atoms with Gasteiger partial charge in [0.05, 0.1) is 39.5 Å². The smallest absolute Gasteiger partial charge is 0.182 e. The van der Waals surface area contributed by atoms with Gasteiger partial charge >= 0.3 is 0 Å². The summed E-state index contributed by atoms with van der Waals surface area (Å²) in [6.07, 6.45) is 3.52. The first kappa shape index (κ1) is 35.6. The van der Waals surface area contributed by atoms with E-state index in [-0.39, 0.29) is 0 Å². The Labute approximate surface area is 350 Å². The van der Waals surface area contributed by atoms with Gasteiger partial charge < -0.3 is 4.57 Å². The van der Waals surface area contributed by atoms with Crippen molar-refractivity contribution in [3.05, 3.63) is 200 Å². The van der Waals surface area contributed by atoms with E-state index in [0.717, 1.165) is 56.1 Å². The number of nitrogens with zero attached hydrogens (tertiary/aromatic N) is 9. The number of fused-ring (bicyclic) bond motifs is 3. The van der Waals surface area contributed by atoms with Gasteiger partial charge in [-0.15, -0.1) is 0 Å². The lowest BCUT2D eigenvalue weighted by Crippen LogP contribution is -2.04. The Kier molecular flexibility index (Phi) is 8.94. The fourth-order valence-electron chi connectivity index (χ4n) is 7.69. The molecule has 0 saturated heterocycles. The van der Waals surface area contributed by atoms with Crippen molar-refractivity contribution in [3.63, 3.8) is 0 Å². The van der Waals surface area contributed by atoms with Crippen molar-refractivity contribution in [2.45, 2.75) is 0 Å². The standard InChI is InChI=1S/C52H33N9/c1-3-15-35(16-4-1)49-56-43(34-25-27-38(28-26-34)61-47-23-9-7-19-39(47)40-20-8-10-24-48(40)61)33-46(57-49)52-59-50(36-17-5-2-6-18-36)58-51(60-52)37-31-44(41-21-11-13-29-53-41)55-45(32-37)42-22-12-14-30-54-42/h1-33H. The van der Waals surface area contributed by atoms with Crippen LogP contribution in [0.25, 0.3) is 107 Å². The second-order valence-corrected chi connectivity index (χ2v) is 14.5. The zero-order valence-corrected chi connectivity index (χ0v) is 32.6. The predicted molar refractivity (Wildman–Crippen MR) is 241 cm³/mol. The van der Waals surface area contributed by atoms with Gasteiger partial charge in [-0.3, -0.25) is 9.97 Å². The summed E-state index contributed by atoms with van der Waals surface area (Å²) in [6.45, 7) is 0. The second kappa shape index (κ2) is 15.3. The van der Waals surface area contributed by atoms with Crippen LogP contribution >= 0.6 is 0 Å². The zero-order chi connectivity index (χ0) is 40.5. The van der Waals surface area contributed by atoms with E-state index in [1.165, 1.54) is 10.8 Å². The number of para-hydroxylation sites is 2. The first-order chi connectivity index (χ1) is 30.2. The molecule has 0 saturated carbocycles. The maximum absolute atomic E-state index is 5.16. The number of rotatable bonds is 8. The first-order valence-electron chi connectivity index (χ1n) is 19.9. The van der Waals surface area contributed by atoms with E-state index in [2.05, 4.69) is 87.3 Å². The highest BCUT2D eigenvalue weighted by Crippen LogP contribution is 2.34. The minimum atomic E-state index is 0.405. The molecule has 0 fully saturated rings. The minimum Gasteiger partial charge on any atom is -0.309 e. The van der Waals surface area contributed by atoms with Crippen molar-refractivity contribution in [2.24, 2.45) is 0 Å². The van der Waals surface area contributed by atoms with Crippen LogP contribution in [0.5, 0.6) is 0 Å². The fraction of sp³-hybridized carbons (Fsp3) is 0. The third-order valence-electron chi connectivity index (χ3n) is 10.6. The van der Waals surface area contributed by atoms with Crippen molar-refractivity contribution in [2.75, 3.05) is 0 Å². The molecule has 9 heteroatoms. The van der Waals surface area contributed by atoms with E-state index >= 15 is 0 Å². The molecule has 5 aromatic carbocycles. The van der Waals surface area contributed by atoms with Gasteiger partial charge in [0, 0.05) is 51.1 Å². The molecule has 0 aliphatic rings. The van der Waals surface area contributed by atoms with Crippen molar-refractivity contribution < 1.29 is 0 Å². The summed E-state index contributed by atoms with van der Waals surface area (Å²) >= 11 is 0. The average molecular weight is 784 g/mol. The Bertz CT molecular complexity index is 3230. The zero-order valence-electron chi connectivity index (χ0n) is 32.6. The van der Waals surface area contributed by atoms with Crippen molar-refractivity contribution >= 4 is 21.8 Å². The summed E-state index contributed by atoms with van der Waals surface area (Å²) in [5, 5.41) is 2.43. The van der Waals surface area contributed by atoms with Crippen LogP contribution in [0.4, 0.5) is 0 Å². The highest BCUT2D eigenvalue weighted by molar-refractivity contribution is 6.09. The molecule has 0 atom stereocenters. The summed E-state index contributed by atoms with van der Waals surface area (Å²) < 4.78 is 2.31. The van der Waals surface area contributed by atoms with E-state index in [1.54, 1.807) is 12.4 Å². The first-order valence-corrected chi connectivity index (χ1v) is 19.9. The van der Waals surface area contributed by atoms with E-state index < -0.39 is 0 Å². The van der Waals surface area contributed by atoms with Crippen LogP contribution in [0.1, 0.15) is 0 Å². The molecule has 0 aliphatic heterocycles. The van der Waals surface area contributed by atoms with E-state index in [9.17, 15) is 0 Å². The molecule has 286 valence electrons. The minimum absolute atomic E-state index is 0.405. The summed E-state index contributed by atoms with van der Waals surface area (Å²) in [7, 11) is 0. The highest BCUT2D eigenvalue weighted by Gasteiger charge is 2.19. The largest absolute Gasteiger partial charge is 0.309 e. The van der Waals surface area contributed by atoms with Gasteiger partial charge in [-0.05, 0) is 66.7 Å². The van der Waals surface area contributed by atoms with Crippen LogP contribution in [-0.4, -0.2) is 44.4 Å². The molecule has 0 bridgehead atoms. The Morgan fingerprint density at radius 3 is 1.31 bits per heavy atom. The van der Waals surface area contributed by atoms with Crippen LogP contribution in [0.2, 0.25) is 0 Å². The van der Waals surface area contributed by atoms with Gasteiger partial charge in [0.25, 0.3) is 0 Å². The highest BCUT2D eigenvalue weighted by atomic mass is 15.1. The Morgan fingerprint density at radius 1 is 0.279 bits per heavy atom. The van der Waals surface area contributed by atoms with Gasteiger partial charge in [0.2, 0.25) is 0 Å². The fourth-order valence-corrected chi connectivity index (χ4v) is 7.69. The maximum Gasteiger partial charge on any atom is 0.182 e. The summed E-state index contributed by atoms with van der Waals surface area (Å²) in [4.78, 5) is 39.8. The van der Waals surface area contributed by atoms with Crippen molar-refractivity contribution in [3.8, 4) is 85.4 Å². The third-order valence-corrected chi connectivity index (χ3v) is 10.6. The quantitative estimate of drug-likeness (QED) is 0.150. The van der Waals surface area contributed by atoms with Gasteiger partial charge in [-0.25, -0.2) is 29.9 Å². The summed E-state index contributed by atoms with van der Waals surface area (Å²) in [5.74, 6) is 1.93. The van der Waals surface area contributed by atoms with E-state index in [4.69, 9.17) is 29.9 Å². The number of benzene rings is 5. The SMILES string of the molecule is c1ccc(-c2nc(-c3ccc(-n4c5ccccc5c5ccccc54)cc3)cc(-c3nc(-c4ccccc4)nc(-c4cc(-c5ccccn5)nc(-c5ccccn5)c4)n3)n2)cc1. The molecule has 0 spiro atoms. The molecule has 0 N–H and O–H groups in total. The lowest BCUT2D eigenvalue weighted by Gasteiger charge is -2.13. The summed E-state index contributed by atoms with van der Waals surface area (Å²) in [5.41, 5.74) is 10.8. The van der Waals surface area contributed by atoms with Crippen LogP contribution in [-0.2, 0) is 0 Å². The Hall–Kier alpha value is -8.56. The third kappa shape index (κ3) is 6.85. The normalized spacial score (nSPS) is 11.3. The molecule has 0 aliphatic carbocycles. The number of aromatic nitrogens is 9. The van der Waals surface area contributed by atoms with Crippen LogP contribution in [0.3, 0.4) is 0 Å². The molecule has 9 nitrogen and oxygen atoms in total. The molecule has 6 heterocycles. The Morgan fingerprint density at radius 2 is 0.754 bits per heavy atom. The molecule has 0 radical (unpaired) electrons. The van der Waals surface area contributed by atoms with E-state index in [1.807, 2.05) is 115 Å². The molecule has 61 heavy (non-hydrogen) atoms. The van der Waals surface area contributed by atoms with Crippen LogP contribution in [0.15, 0.2) is 200 Å². The van der Waals surface area contributed by atoms with Gasteiger partial charge in [-0.1, -0.05) is 121 Å². The number of hydrogen-bond donors (Lipinski definition) is 0. The van der Waals surface area contributed by atoms with Crippen LogP contribution < -0.4 is 0 Å². The molecule has 6 aromatic heterocycles. The van der Waals surface area contributed by atoms with Crippen molar-refractivity contribution in [1.82, 2.24) is 44.4 Å². The molecule has 11 rings (SSSR count). The van der Waals surface area contributed by atoms with Gasteiger partial charge in [0.1, 0.15) is 5.69 Å². The van der Waals surface area contributed by atoms with E-state index in [0.29, 0.717) is 40.4 Å². The van der Waals surface area contributed by atoms with Crippen LogP contribution in [0, 0.1) is 0 Å². The summed E-state index contributed by atoms with van der Waals surface area (Å²) in [6, 6.07) is 62.9. The molecular formula is C52H33N9. The molecule has 11 aromatic rings. The van der Waals surface area contributed by atoms with Gasteiger partial charge in [-0.2, -0.15) is 0 Å². The lowest BCUT2D eigenvalue weighted by atomic mass is 10.1. The van der Waals surface area contributed by atoms with Gasteiger partial charge in [0.15, 0.2) is 23.3 Å². The topological polar surface area (TPSA) is 108 Å². The molecular weight excluding hydrogens is 751 g/mol. The molecule has 0 unspecified atom stereocenters.